The van der Waals surface area contributed by atoms with E-state index in [0.29, 0.717) is 36.1 Å². The van der Waals surface area contributed by atoms with E-state index in [-0.39, 0.29) is 22.9 Å². The lowest BCUT2D eigenvalue weighted by atomic mass is 10.2. The highest BCUT2D eigenvalue weighted by Gasteiger charge is 2.15. The van der Waals surface area contributed by atoms with Gasteiger partial charge in [-0.2, -0.15) is 0 Å². The molecule has 10 heteroatoms. The zero-order valence-electron chi connectivity index (χ0n) is 19.4. The maximum Gasteiger partial charge on any atom is 0.261 e. The van der Waals surface area contributed by atoms with E-state index in [2.05, 4.69) is 15.4 Å². The Kier molecular flexibility index (Phi) is 8.69. The highest BCUT2D eigenvalue weighted by Crippen LogP contribution is 2.20. The van der Waals surface area contributed by atoms with Gasteiger partial charge in [-0.3, -0.25) is 14.3 Å². The van der Waals surface area contributed by atoms with E-state index >= 15 is 0 Å². The van der Waals surface area contributed by atoms with E-state index in [1.807, 2.05) is 13.8 Å². The van der Waals surface area contributed by atoms with Crippen molar-refractivity contribution in [2.45, 2.75) is 18.7 Å². The van der Waals surface area contributed by atoms with Gasteiger partial charge in [0.05, 0.1) is 24.7 Å². The number of nitrogens with one attached hydrogen (secondary N) is 3. The highest BCUT2D eigenvalue weighted by atomic mass is 32.2. The predicted octanol–water partition coefficient (Wildman–Crippen LogP) is 3.65. The molecule has 0 aliphatic heterocycles. The lowest BCUT2D eigenvalue weighted by Crippen LogP contribution is -2.32. The minimum Gasteiger partial charge on any atom is -0.494 e. The Morgan fingerprint density at radius 3 is 1.80 bits per heavy atom. The fraction of sp³-hybridized carbons (Fsp3) is 0.200. The number of hydrogen-bond donors (Lipinski definition) is 3. The van der Waals surface area contributed by atoms with E-state index in [9.17, 15) is 18.0 Å². The Morgan fingerprint density at radius 1 is 0.743 bits per heavy atom. The number of anilines is 2. The van der Waals surface area contributed by atoms with Crippen molar-refractivity contribution < 1.29 is 27.5 Å². The Morgan fingerprint density at radius 2 is 1.26 bits per heavy atom. The van der Waals surface area contributed by atoms with E-state index in [4.69, 9.17) is 9.47 Å². The quantitative estimate of drug-likeness (QED) is 0.372. The predicted molar refractivity (Wildman–Crippen MR) is 133 cm³/mol. The second-order valence-corrected chi connectivity index (χ2v) is 8.96. The Balaban J connectivity index is 1.52. The maximum absolute atomic E-state index is 12.6. The van der Waals surface area contributed by atoms with Gasteiger partial charge in [0.1, 0.15) is 11.5 Å². The smallest absolute Gasteiger partial charge is 0.261 e. The molecular formula is C25H27N3O6S. The summed E-state index contributed by atoms with van der Waals surface area (Å²) < 4.78 is 38.3. The zero-order valence-corrected chi connectivity index (χ0v) is 20.2. The van der Waals surface area contributed by atoms with Crippen LogP contribution >= 0.6 is 0 Å². The van der Waals surface area contributed by atoms with E-state index < -0.39 is 15.9 Å². The first-order chi connectivity index (χ1) is 16.8. The van der Waals surface area contributed by atoms with Crippen molar-refractivity contribution in [3.05, 3.63) is 78.4 Å². The molecule has 0 spiro atoms. The SMILES string of the molecule is CCOc1ccc(NC(=O)CNC(=O)c2ccc(NS(=O)(=O)c3ccc(OCC)cc3)cc2)cc1. The van der Waals surface area contributed by atoms with Crippen LogP contribution in [-0.4, -0.2) is 40.0 Å². The topological polar surface area (TPSA) is 123 Å². The summed E-state index contributed by atoms with van der Waals surface area (Å²) in [6.07, 6.45) is 0. The number of amides is 2. The summed E-state index contributed by atoms with van der Waals surface area (Å²) in [5.41, 5.74) is 1.16. The Hall–Kier alpha value is -4.05. The lowest BCUT2D eigenvalue weighted by molar-refractivity contribution is -0.115. The summed E-state index contributed by atoms with van der Waals surface area (Å²) in [6, 6.07) is 18.8. The molecule has 3 rings (SSSR count). The van der Waals surface area contributed by atoms with Crippen LogP contribution in [0.3, 0.4) is 0 Å². The molecule has 3 aromatic carbocycles. The van der Waals surface area contributed by atoms with Gasteiger partial charge in [0.2, 0.25) is 5.91 Å². The third kappa shape index (κ3) is 7.47. The second-order valence-electron chi connectivity index (χ2n) is 7.28. The molecule has 3 aromatic rings. The molecule has 0 saturated carbocycles. The molecule has 0 bridgehead atoms. The largest absolute Gasteiger partial charge is 0.494 e. The van der Waals surface area contributed by atoms with Crippen molar-refractivity contribution in [1.82, 2.24) is 5.32 Å². The average molecular weight is 498 g/mol. The van der Waals surface area contributed by atoms with Crippen LogP contribution < -0.4 is 24.8 Å². The van der Waals surface area contributed by atoms with Crippen LogP contribution in [0.1, 0.15) is 24.2 Å². The van der Waals surface area contributed by atoms with Crippen LogP contribution in [0.2, 0.25) is 0 Å². The van der Waals surface area contributed by atoms with Gasteiger partial charge in [-0.05, 0) is 86.6 Å². The minimum atomic E-state index is -3.80. The summed E-state index contributed by atoms with van der Waals surface area (Å²) in [5.74, 6) is 0.425. The first-order valence-electron chi connectivity index (χ1n) is 11.0. The van der Waals surface area contributed by atoms with Crippen molar-refractivity contribution >= 4 is 33.2 Å². The van der Waals surface area contributed by atoms with Gasteiger partial charge in [0, 0.05) is 16.9 Å². The molecule has 0 saturated heterocycles. The molecule has 3 N–H and O–H groups in total. The fourth-order valence-electron chi connectivity index (χ4n) is 3.05. The van der Waals surface area contributed by atoms with Crippen LogP contribution in [-0.2, 0) is 14.8 Å². The fourth-order valence-corrected chi connectivity index (χ4v) is 4.11. The van der Waals surface area contributed by atoms with Crippen LogP contribution in [0.25, 0.3) is 0 Å². The molecule has 9 nitrogen and oxygen atoms in total. The number of carbonyl (C=O) groups excluding carboxylic acids is 2. The van der Waals surface area contributed by atoms with Crippen LogP contribution in [0.5, 0.6) is 11.5 Å². The molecule has 0 aromatic heterocycles. The normalized spacial score (nSPS) is 10.8. The molecule has 0 aliphatic rings. The number of carbonyl (C=O) groups is 2. The molecule has 184 valence electrons. The number of rotatable bonds is 11. The first-order valence-corrected chi connectivity index (χ1v) is 12.5. The van der Waals surface area contributed by atoms with Crippen molar-refractivity contribution in [3.63, 3.8) is 0 Å². The number of hydrogen-bond acceptors (Lipinski definition) is 6. The van der Waals surface area contributed by atoms with Gasteiger partial charge >= 0.3 is 0 Å². The van der Waals surface area contributed by atoms with Crippen molar-refractivity contribution in [2.24, 2.45) is 0 Å². The van der Waals surface area contributed by atoms with Crippen molar-refractivity contribution in [2.75, 3.05) is 29.8 Å². The highest BCUT2D eigenvalue weighted by molar-refractivity contribution is 7.92. The third-order valence-corrected chi connectivity index (χ3v) is 6.10. The zero-order chi connectivity index (χ0) is 25.3. The van der Waals surface area contributed by atoms with Gasteiger partial charge in [-0.15, -0.1) is 0 Å². The van der Waals surface area contributed by atoms with E-state index in [1.165, 1.54) is 36.4 Å². The summed E-state index contributed by atoms with van der Waals surface area (Å²) in [6.45, 7) is 4.53. The number of benzene rings is 3. The van der Waals surface area contributed by atoms with Gasteiger partial charge in [0.15, 0.2) is 0 Å². The summed E-state index contributed by atoms with van der Waals surface area (Å²) in [7, 11) is -3.80. The van der Waals surface area contributed by atoms with E-state index in [1.54, 1.807) is 36.4 Å². The van der Waals surface area contributed by atoms with Gasteiger partial charge in [-0.1, -0.05) is 0 Å². The lowest BCUT2D eigenvalue weighted by Gasteiger charge is -2.10. The van der Waals surface area contributed by atoms with Crippen LogP contribution in [0.15, 0.2) is 77.7 Å². The second kappa shape index (κ2) is 11.9. The first kappa shape index (κ1) is 25.6. The molecule has 0 aliphatic carbocycles. The Bertz CT molecular complexity index is 1240. The average Bonchev–Trinajstić information content (AvgIpc) is 2.85. The van der Waals surface area contributed by atoms with Crippen LogP contribution in [0.4, 0.5) is 11.4 Å². The monoisotopic (exact) mass is 497 g/mol. The standard InChI is InChI=1S/C25H27N3O6S/c1-3-33-21-11-9-19(10-12-21)27-24(29)17-26-25(30)18-5-7-20(8-6-18)28-35(31,32)23-15-13-22(14-16-23)34-4-2/h5-16,28H,3-4,17H2,1-2H3,(H,26,30)(H,27,29). The number of ether oxygens (including phenoxy) is 2. The molecule has 0 atom stereocenters. The molecule has 35 heavy (non-hydrogen) atoms. The maximum atomic E-state index is 12.6. The van der Waals surface area contributed by atoms with Crippen LogP contribution in [0, 0.1) is 0 Å². The van der Waals surface area contributed by atoms with Crippen molar-refractivity contribution in [1.29, 1.82) is 0 Å². The third-order valence-electron chi connectivity index (χ3n) is 4.70. The minimum absolute atomic E-state index is 0.0846. The molecule has 2 amide bonds. The van der Waals surface area contributed by atoms with Gasteiger partial charge in [0.25, 0.3) is 15.9 Å². The van der Waals surface area contributed by atoms with E-state index in [0.717, 1.165) is 0 Å². The van der Waals surface area contributed by atoms with Gasteiger partial charge in [-0.25, -0.2) is 8.42 Å². The number of sulfonamides is 1. The molecule has 0 heterocycles. The Labute approximate surface area is 204 Å². The molecule has 0 radical (unpaired) electrons. The van der Waals surface area contributed by atoms with Gasteiger partial charge < -0.3 is 20.1 Å². The molecular weight excluding hydrogens is 470 g/mol. The molecule has 0 unspecified atom stereocenters. The van der Waals surface area contributed by atoms with Crippen molar-refractivity contribution in [3.8, 4) is 11.5 Å². The summed E-state index contributed by atoms with van der Waals surface area (Å²) >= 11 is 0. The molecule has 0 fully saturated rings. The summed E-state index contributed by atoms with van der Waals surface area (Å²) in [5, 5.41) is 5.22. The summed E-state index contributed by atoms with van der Waals surface area (Å²) in [4.78, 5) is 24.6.